The summed E-state index contributed by atoms with van der Waals surface area (Å²) in [6.07, 6.45) is 0.201. The first-order chi connectivity index (χ1) is 6.63. The van der Waals surface area contributed by atoms with Crippen molar-refractivity contribution < 1.29 is 9.13 Å². The predicted octanol–water partition coefficient (Wildman–Crippen LogP) is 3.57. The lowest BCUT2D eigenvalue weighted by Crippen LogP contribution is -2.07. The van der Waals surface area contributed by atoms with Crippen LogP contribution in [0.15, 0.2) is 22.7 Å². The third-order valence-electron chi connectivity index (χ3n) is 1.68. The number of benzene rings is 1. The molecule has 0 aliphatic rings. The zero-order valence-corrected chi connectivity index (χ0v) is 10.6. The molecule has 2 nitrogen and oxygen atoms in total. The highest BCUT2D eigenvalue weighted by molar-refractivity contribution is 9.10. The monoisotopic (exact) mass is 295 g/mol. The molecule has 0 unspecified atom stereocenters. The average molecular weight is 297 g/mol. The molecule has 0 amide bonds. The van der Waals surface area contributed by atoms with E-state index in [1.165, 1.54) is 6.07 Å². The summed E-state index contributed by atoms with van der Waals surface area (Å²) < 4.78 is 18.9. The van der Waals surface area contributed by atoms with Crippen LogP contribution in [0.1, 0.15) is 12.5 Å². The van der Waals surface area contributed by atoms with Crippen LogP contribution in [-0.4, -0.2) is 12.5 Å². The fraction of sp³-hybridized carbons (Fsp3) is 0.300. The fourth-order valence-electron chi connectivity index (χ4n) is 1.06. The van der Waals surface area contributed by atoms with Gasteiger partial charge in [-0.15, -0.1) is 12.4 Å². The van der Waals surface area contributed by atoms with Crippen LogP contribution in [0.2, 0.25) is 0 Å². The molecule has 1 aromatic carbocycles. The zero-order valence-electron chi connectivity index (χ0n) is 8.22. The van der Waals surface area contributed by atoms with E-state index >= 15 is 0 Å². The van der Waals surface area contributed by atoms with Gasteiger partial charge in [-0.05, 0) is 24.6 Å². The molecule has 0 aromatic heterocycles. The Morgan fingerprint density at radius 2 is 2.20 bits per heavy atom. The van der Waals surface area contributed by atoms with Crippen molar-refractivity contribution in [3.05, 3.63) is 34.1 Å². The molecule has 0 aliphatic heterocycles. The average Bonchev–Trinajstić information content (AvgIpc) is 2.10. The molecule has 0 atom stereocenters. The Morgan fingerprint density at radius 3 is 2.73 bits per heavy atom. The Labute approximate surface area is 103 Å². The molecule has 1 aromatic rings. The third-order valence-corrected chi connectivity index (χ3v) is 2.18. The summed E-state index contributed by atoms with van der Waals surface area (Å²) in [6.45, 7) is 2.24. The summed E-state index contributed by atoms with van der Waals surface area (Å²) in [5, 5.41) is 7.38. The van der Waals surface area contributed by atoms with Gasteiger partial charge in [0.15, 0.2) is 5.90 Å². The first kappa shape index (κ1) is 14.4. The summed E-state index contributed by atoms with van der Waals surface area (Å²) in [6, 6.07) is 4.78. The lowest BCUT2D eigenvalue weighted by molar-refractivity contribution is 0.316. The maximum Gasteiger partial charge on any atom is 0.184 e. The molecule has 0 spiro atoms. The van der Waals surface area contributed by atoms with Gasteiger partial charge in [-0.3, -0.25) is 5.41 Å². The van der Waals surface area contributed by atoms with Crippen molar-refractivity contribution >= 4 is 34.2 Å². The summed E-state index contributed by atoms with van der Waals surface area (Å²) >= 11 is 3.17. The molecule has 0 heterocycles. The van der Waals surface area contributed by atoms with Crippen LogP contribution < -0.4 is 0 Å². The van der Waals surface area contributed by atoms with E-state index in [0.29, 0.717) is 16.6 Å². The molecular weight excluding hydrogens is 284 g/mol. The van der Waals surface area contributed by atoms with Crippen molar-refractivity contribution in [2.45, 2.75) is 13.3 Å². The topological polar surface area (TPSA) is 33.1 Å². The van der Waals surface area contributed by atoms with Gasteiger partial charge >= 0.3 is 0 Å². The van der Waals surface area contributed by atoms with Crippen LogP contribution in [-0.2, 0) is 11.2 Å². The standard InChI is InChI=1S/C10H11BrFNO.ClH/c1-2-14-10(13)5-7-3-4-8(11)6-9(7)12;/h3-4,6,13H,2,5H2,1H3;1H. The smallest absolute Gasteiger partial charge is 0.184 e. The van der Waals surface area contributed by atoms with Crippen molar-refractivity contribution in [1.29, 1.82) is 5.41 Å². The SMILES string of the molecule is CCOC(=N)Cc1ccc(Br)cc1F.Cl. The molecule has 15 heavy (non-hydrogen) atoms. The van der Waals surface area contributed by atoms with E-state index in [0.717, 1.165) is 0 Å². The normalized spacial score (nSPS) is 9.27. The van der Waals surface area contributed by atoms with E-state index in [2.05, 4.69) is 15.9 Å². The molecule has 0 radical (unpaired) electrons. The Kier molecular flexibility index (Phi) is 6.52. The van der Waals surface area contributed by atoms with Crippen LogP contribution in [0.25, 0.3) is 0 Å². The second-order valence-corrected chi connectivity index (χ2v) is 3.68. The fourth-order valence-corrected chi connectivity index (χ4v) is 1.40. The molecular formula is C10H12BrClFNO. The van der Waals surface area contributed by atoms with E-state index < -0.39 is 0 Å². The Bertz CT molecular complexity index is 346. The molecule has 5 heteroatoms. The lowest BCUT2D eigenvalue weighted by atomic mass is 10.1. The minimum atomic E-state index is -0.316. The number of hydrogen-bond donors (Lipinski definition) is 1. The number of hydrogen-bond acceptors (Lipinski definition) is 2. The maximum absolute atomic E-state index is 13.3. The first-order valence-electron chi connectivity index (χ1n) is 4.27. The third kappa shape index (κ3) is 4.62. The van der Waals surface area contributed by atoms with E-state index in [4.69, 9.17) is 10.1 Å². The van der Waals surface area contributed by atoms with Gasteiger partial charge in [0.05, 0.1) is 13.0 Å². The highest BCUT2D eigenvalue weighted by Crippen LogP contribution is 2.15. The van der Waals surface area contributed by atoms with Crippen LogP contribution in [0.5, 0.6) is 0 Å². The summed E-state index contributed by atoms with van der Waals surface area (Å²) in [5.74, 6) is -0.224. The predicted molar refractivity (Wildman–Crippen MR) is 64.4 cm³/mol. The molecule has 0 saturated heterocycles. The Morgan fingerprint density at radius 1 is 1.53 bits per heavy atom. The number of halogens is 3. The van der Waals surface area contributed by atoms with Crippen LogP contribution in [0.3, 0.4) is 0 Å². The van der Waals surface area contributed by atoms with Gasteiger partial charge in [0.25, 0.3) is 0 Å². The highest BCUT2D eigenvalue weighted by atomic mass is 79.9. The minimum absolute atomic E-state index is 0. The van der Waals surface area contributed by atoms with Gasteiger partial charge in [-0.2, -0.15) is 0 Å². The van der Waals surface area contributed by atoms with Crippen molar-refractivity contribution in [2.24, 2.45) is 0 Å². The van der Waals surface area contributed by atoms with Gasteiger partial charge in [0.2, 0.25) is 0 Å². The Hall–Kier alpha value is -0.610. The van der Waals surface area contributed by atoms with E-state index in [1.807, 2.05) is 0 Å². The Balaban J connectivity index is 0.00000196. The van der Waals surface area contributed by atoms with Crippen LogP contribution in [0, 0.1) is 11.2 Å². The first-order valence-corrected chi connectivity index (χ1v) is 5.07. The van der Waals surface area contributed by atoms with Gasteiger partial charge in [0.1, 0.15) is 5.82 Å². The van der Waals surface area contributed by atoms with Crippen LogP contribution >= 0.6 is 28.3 Å². The van der Waals surface area contributed by atoms with Gasteiger partial charge in [0, 0.05) is 4.47 Å². The summed E-state index contributed by atoms with van der Waals surface area (Å²) in [7, 11) is 0. The van der Waals surface area contributed by atoms with E-state index in [9.17, 15) is 4.39 Å². The highest BCUT2D eigenvalue weighted by Gasteiger charge is 2.06. The van der Waals surface area contributed by atoms with E-state index in [-0.39, 0.29) is 30.5 Å². The van der Waals surface area contributed by atoms with E-state index in [1.54, 1.807) is 19.1 Å². The molecule has 0 saturated carbocycles. The van der Waals surface area contributed by atoms with Gasteiger partial charge < -0.3 is 4.74 Å². The summed E-state index contributed by atoms with van der Waals surface area (Å²) in [4.78, 5) is 0. The lowest BCUT2D eigenvalue weighted by Gasteiger charge is -2.05. The summed E-state index contributed by atoms with van der Waals surface area (Å²) in [5.41, 5.74) is 0.478. The van der Waals surface area contributed by atoms with Crippen molar-refractivity contribution in [3.8, 4) is 0 Å². The minimum Gasteiger partial charge on any atom is -0.481 e. The van der Waals surface area contributed by atoms with Crippen molar-refractivity contribution in [2.75, 3.05) is 6.61 Å². The molecule has 0 bridgehead atoms. The van der Waals surface area contributed by atoms with Crippen LogP contribution in [0.4, 0.5) is 4.39 Å². The molecule has 0 aliphatic carbocycles. The maximum atomic E-state index is 13.3. The van der Waals surface area contributed by atoms with Gasteiger partial charge in [-0.1, -0.05) is 22.0 Å². The second-order valence-electron chi connectivity index (χ2n) is 2.77. The zero-order chi connectivity index (χ0) is 10.6. The quantitative estimate of drug-likeness (QED) is 0.671. The molecule has 1 rings (SSSR count). The number of rotatable bonds is 3. The molecule has 1 N–H and O–H groups in total. The van der Waals surface area contributed by atoms with Gasteiger partial charge in [-0.25, -0.2) is 4.39 Å². The molecule has 0 fully saturated rings. The van der Waals surface area contributed by atoms with Crippen molar-refractivity contribution in [3.63, 3.8) is 0 Å². The largest absolute Gasteiger partial charge is 0.481 e. The second kappa shape index (κ2) is 6.80. The number of nitrogens with one attached hydrogen (secondary N) is 1. The molecule has 84 valence electrons. The number of ether oxygens (including phenoxy) is 1. The van der Waals surface area contributed by atoms with Crippen molar-refractivity contribution in [1.82, 2.24) is 0 Å².